The lowest BCUT2D eigenvalue weighted by molar-refractivity contribution is 0.396. The fraction of sp³-hybridized carbons (Fsp3) is 0.571. The number of hydrogen-bond donors (Lipinski definition) is 2. The van der Waals surface area contributed by atoms with Gasteiger partial charge in [-0.3, -0.25) is 0 Å². The van der Waals surface area contributed by atoms with Gasteiger partial charge in [-0.25, -0.2) is 13.1 Å². The van der Waals surface area contributed by atoms with Crippen LogP contribution in [-0.4, -0.2) is 34.7 Å². The molecule has 1 aliphatic heterocycles. The van der Waals surface area contributed by atoms with Gasteiger partial charge in [0.1, 0.15) is 10.6 Å². The predicted molar refractivity (Wildman–Crippen MR) is 78.7 cm³/mol. The number of nitrogens with one attached hydrogen (secondary N) is 2. The molecule has 2 rings (SSSR count). The molecule has 5 nitrogen and oxygen atoms in total. The van der Waals surface area contributed by atoms with Gasteiger partial charge >= 0.3 is 0 Å². The van der Waals surface area contributed by atoms with E-state index in [1.807, 2.05) is 19.9 Å². The van der Waals surface area contributed by atoms with E-state index in [1.165, 1.54) is 7.11 Å². The van der Waals surface area contributed by atoms with Gasteiger partial charge < -0.3 is 10.1 Å². The van der Waals surface area contributed by atoms with Crippen molar-refractivity contribution >= 4 is 10.0 Å². The monoisotopic (exact) mass is 298 g/mol. The summed E-state index contributed by atoms with van der Waals surface area (Å²) in [5.41, 5.74) is 1.74. The van der Waals surface area contributed by atoms with Crippen molar-refractivity contribution in [1.82, 2.24) is 10.0 Å². The summed E-state index contributed by atoms with van der Waals surface area (Å²) in [6.45, 7) is 5.36. The van der Waals surface area contributed by atoms with E-state index in [0.29, 0.717) is 12.3 Å². The number of rotatable bonds is 4. The first-order valence-corrected chi connectivity index (χ1v) is 8.30. The van der Waals surface area contributed by atoms with Crippen molar-refractivity contribution in [2.24, 2.45) is 0 Å². The highest BCUT2D eigenvalue weighted by atomic mass is 32.2. The topological polar surface area (TPSA) is 67.4 Å². The van der Waals surface area contributed by atoms with Gasteiger partial charge in [0.2, 0.25) is 10.0 Å². The van der Waals surface area contributed by atoms with Crippen LogP contribution in [0.25, 0.3) is 0 Å². The van der Waals surface area contributed by atoms with Crippen LogP contribution in [0, 0.1) is 13.8 Å². The number of piperidine rings is 1. The lowest BCUT2D eigenvalue weighted by atomic mass is 10.1. The lowest BCUT2D eigenvalue weighted by Gasteiger charge is -2.24. The molecule has 1 aromatic carbocycles. The predicted octanol–water partition coefficient (Wildman–Crippen LogP) is 1.34. The number of benzene rings is 1. The van der Waals surface area contributed by atoms with E-state index in [2.05, 4.69) is 10.0 Å². The van der Waals surface area contributed by atoms with Crippen LogP contribution < -0.4 is 14.8 Å². The lowest BCUT2D eigenvalue weighted by Crippen LogP contribution is -2.45. The van der Waals surface area contributed by atoms with Crippen LogP contribution in [0.15, 0.2) is 17.0 Å². The van der Waals surface area contributed by atoms with Crippen molar-refractivity contribution in [3.63, 3.8) is 0 Å². The van der Waals surface area contributed by atoms with Crippen LogP contribution in [0.1, 0.15) is 24.0 Å². The number of ether oxygens (including phenoxy) is 1. The van der Waals surface area contributed by atoms with E-state index in [1.54, 1.807) is 6.07 Å². The standard InChI is InChI=1S/C14H22N2O3S/c1-10-7-11(2)14(19-3)13(8-10)20(17,18)16-12-5-4-6-15-9-12/h7-8,12,15-16H,4-6,9H2,1-3H3/t12-/m0/s1. The Hall–Kier alpha value is -1.11. The summed E-state index contributed by atoms with van der Waals surface area (Å²) in [4.78, 5) is 0.225. The minimum Gasteiger partial charge on any atom is -0.495 e. The van der Waals surface area contributed by atoms with Crippen molar-refractivity contribution in [2.45, 2.75) is 37.6 Å². The molecule has 0 saturated carbocycles. The van der Waals surface area contributed by atoms with Crippen LogP contribution in [0.3, 0.4) is 0 Å². The zero-order valence-corrected chi connectivity index (χ0v) is 13.0. The summed E-state index contributed by atoms with van der Waals surface area (Å²) < 4.78 is 33.2. The molecule has 1 heterocycles. The van der Waals surface area contributed by atoms with Crippen LogP contribution in [0.2, 0.25) is 0 Å². The first-order chi connectivity index (χ1) is 9.44. The second-order valence-electron chi connectivity index (χ2n) is 5.28. The Kier molecular flexibility index (Phi) is 4.67. The number of methoxy groups -OCH3 is 1. The zero-order valence-electron chi connectivity index (χ0n) is 12.2. The summed E-state index contributed by atoms with van der Waals surface area (Å²) in [5.74, 6) is 0.423. The highest BCUT2D eigenvalue weighted by Gasteiger charge is 2.25. The second-order valence-corrected chi connectivity index (χ2v) is 6.96. The zero-order chi connectivity index (χ0) is 14.8. The molecule has 1 aromatic rings. The third-order valence-electron chi connectivity index (χ3n) is 3.50. The second kappa shape index (κ2) is 6.11. The molecule has 20 heavy (non-hydrogen) atoms. The highest BCUT2D eigenvalue weighted by molar-refractivity contribution is 7.89. The summed E-state index contributed by atoms with van der Waals surface area (Å²) in [6, 6.07) is 3.52. The Balaban J connectivity index is 2.33. The first-order valence-electron chi connectivity index (χ1n) is 6.82. The minimum atomic E-state index is -3.56. The average molecular weight is 298 g/mol. The molecule has 1 saturated heterocycles. The number of hydrogen-bond acceptors (Lipinski definition) is 4. The SMILES string of the molecule is COc1c(C)cc(C)cc1S(=O)(=O)N[C@H]1CCCNC1. The summed E-state index contributed by atoms with van der Waals surface area (Å²) in [7, 11) is -2.06. The molecule has 6 heteroatoms. The molecule has 0 amide bonds. The van der Waals surface area contributed by atoms with Crippen LogP contribution in [-0.2, 0) is 10.0 Å². The van der Waals surface area contributed by atoms with E-state index in [9.17, 15) is 8.42 Å². The maximum atomic E-state index is 12.6. The fourth-order valence-electron chi connectivity index (χ4n) is 2.61. The van der Waals surface area contributed by atoms with Gasteiger partial charge in [-0.15, -0.1) is 0 Å². The summed E-state index contributed by atoms with van der Waals surface area (Å²) in [6.07, 6.45) is 1.84. The molecular formula is C14H22N2O3S. The minimum absolute atomic E-state index is 0.0562. The van der Waals surface area contributed by atoms with Crippen molar-refractivity contribution in [2.75, 3.05) is 20.2 Å². The molecule has 1 fully saturated rings. The van der Waals surface area contributed by atoms with Crippen molar-refractivity contribution < 1.29 is 13.2 Å². The molecular weight excluding hydrogens is 276 g/mol. The normalized spacial score (nSPS) is 19.9. The van der Waals surface area contributed by atoms with Crippen LogP contribution in [0.4, 0.5) is 0 Å². The van der Waals surface area contributed by atoms with Gasteiger partial charge in [0.25, 0.3) is 0 Å². The van der Waals surface area contributed by atoms with Crippen LogP contribution >= 0.6 is 0 Å². The Bertz CT molecular complexity index is 578. The van der Waals surface area contributed by atoms with E-state index in [0.717, 1.165) is 30.5 Å². The quantitative estimate of drug-likeness (QED) is 0.880. The van der Waals surface area contributed by atoms with Gasteiger partial charge in [-0.05, 0) is 50.4 Å². The molecule has 112 valence electrons. The maximum absolute atomic E-state index is 12.6. The molecule has 0 radical (unpaired) electrons. The average Bonchev–Trinajstić information content (AvgIpc) is 2.38. The van der Waals surface area contributed by atoms with E-state index < -0.39 is 10.0 Å². The third kappa shape index (κ3) is 3.31. The molecule has 1 aliphatic rings. The fourth-order valence-corrected chi connectivity index (χ4v) is 4.21. The van der Waals surface area contributed by atoms with E-state index in [4.69, 9.17) is 4.74 Å². The van der Waals surface area contributed by atoms with Gasteiger partial charge in [0.15, 0.2) is 0 Å². The Morgan fingerprint density at radius 3 is 2.70 bits per heavy atom. The molecule has 1 atom stereocenters. The summed E-state index contributed by atoms with van der Waals surface area (Å²) >= 11 is 0. The third-order valence-corrected chi connectivity index (χ3v) is 5.02. The van der Waals surface area contributed by atoms with Gasteiger partial charge in [-0.2, -0.15) is 0 Å². The largest absolute Gasteiger partial charge is 0.495 e. The Labute approximate surface area is 120 Å². The molecule has 0 aromatic heterocycles. The van der Waals surface area contributed by atoms with E-state index in [-0.39, 0.29) is 10.9 Å². The maximum Gasteiger partial charge on any atom is 0.244 e. The number of aryl methyl sites for hydroxylation is 2. The van der Waals surface area contributed by atoms with E-state index >= 15 is 0 Å². The van der Waals surface area contributed by atoms with Crippen molar-refractivity contribution in [1.29, 1.82) is 0 Å². The number of sulfonamides is 1. The molecule has 0 bridgehead atoms. The van der Waals surface area contributed by atoms with Crippen molar-refractivity contribution in [3.05, 3.63) is 23.3 Å². The Morgan fingerprint density at radius 2 is 2.10 bits per heavy atom. The first kappa shape index (κ1) is 15.3. The molecule has 0 unspecified atom stereocenters. The van der Waals surface area contributed by atoms with Crippen LogP contribution in [0.5, 0.6) is 5.75 Å². The highest BCUT2D eigenvalue weighted by Crippen LogP contribution is 2.29. The smallest absolute Gasteiger partial charge is 0.244 e. The van der Waals surface area contributed by atoms with Crippen molar-refractivity contribution in [3.8, 4) is 5.75 Å². The van der Waals surface area contributed by atoms with Gasteiger partial charge in [-0.1, -0.05) is 6.07 Å². The van der Waals surface area contributed by atoms with Gasteiger partial charge in [0, 0.05) is 12.6 Å². The molecule has 0 aliphatic carbocycles. The Morgan fingerprint density at radius 1 is 1.35 bits per heavy atom. The molecule has 2 N–H and O–H groups in total. The molecule has 0 spiro atoms. The van der Waals surface area contributed by atoms with Gasteiger partial charge in [0.05, 0.1) is 7.11 Å². The summed E-state index contributed by atoms with van der Waals surface area (Å²) in [5, 5.41) is 3.20.